The van der Waals surface area contributed by atoms with E-state index in [2.05, 4.69) is 9.80 Å². The summed E-state index contributed by atoms with van der Waals surface area (Å²) in [6.07, 6.45) is -0.318. The monoisotopic (exact) mass is 328 g/mol. The zero-order valence-electron chi connectivity index (χ0n) is 13.2. The van der Waals surface area contributed by atoms with Crippen LogP contribution in [-0.4, -0.2) is 80.6 Å². The van der Waals surface area contributed by atoms with Crippen molar-refractivity contribution < 1.29 is 14.6 Å². The van der Waals surface area contributed by atoms with Crippen molar-refractivity contribution in [3.05, 3.63) is 29.3 Å². The summed E-state index contributed by atoms with van der Waals surface area (Å²) >= 11 is 5.83. The average Bonchev–Trinajstić information content (AvgIpc) is 2.46. The predicted molar refractivity (Wildman–Crippen MR) is 87.7 cm³/mol. The first-order valence-electron chi connectivity index (χ1n) is 7.58. The van der Waals surface area contributed by atoms with Crippen LogP contribution < -0.4 is 4.74 Å². The smallest absolute Gasteiger partial charge is 0.119 e. The summed E-state index contributed by atoms with van der Waals surface area (Å²) in [7, 11) is 4.08. The van der Waals surface area contributed by atoms with Crippen molar-refractivity contribution >= 4 is 11.6 Å². The fourth-order valence-electron chi connectivity index (χ4n) is 2.54. The van der Waals surface area contributed by atoms with Crippen LogP contribution in [0.3, 0.4) is 0 Å². The molecule has 0 aromatic heterocycles. The molecule has 0 radical (unpaired) electrons. The van der Waals surface area contributed by atoms with E-state index in [1.807, 2.05) is 14.1 Å². The second-order valence-corrected chi connectivity index (χ2v) is 6.37. The van der Waals surface area contributed by atoms with Crippen LogP contribution in [0, 0.1) is 0 Å². The summed E-state index contributed by atoms with van der Waals surface area (Å²) in [5, 5.41) is 10.8. The Morgan fingerprint density at radius 1 is 1.41 bits per heavy atom. The molecule has 0 bridgehead atoms. The number of β-amino-alcohol motifs (C(OH)–C–C–N with tert-alkyl or cyclic N) is 1. The van der Waals surface area contributed by atoms with Gasteiger partial charge in [-0.05, 0) is 38.4 Å². The van der Waals surface area contributed by atoms with Crippen LogP contribution in [-0.2, 0) is 4.74 Å². The van der Waals surface area contributed by atoms with E-state index in [9.17, 15) is 5.11 Å². The van der Waals surface area contributed by atoms with Gasteiger partial charge in [-0.3, -0.25) is 4.90 Å². The number of hydrogen-bond donors (Lipinski definition) is 1. The third-order valence-electron chi connectivity index (χ3n) is 3.52. The van der Waals surface area contributed by atoms with Gasteiger partial charge in [0.05, 0.1) is 12.7 Å². The molecule has 1 aliphatic heterocycles. The Labute approximate surface area is 137 Å². The molecule has 1 aromatic carbocycles. The normalized spacial score (nSPS) is 21.0. The lowest BCUT2D eigenvalue weighted by Crippen LogP contribution is -2.49. The van der Waals surface area contributed by atoms with Gasteiger partial charge in [-0.25, -0.2) is 0 Å². The first kappa shape index (κ1) is 17.5. The molecule has 22 heavy (non-hydrogen) atoms. The van der Waals surface area contributed by atoms with Gasteiger partial charge in [-0.2, -0.15) is 0 Å². The number of aliphatic hydroxyl groups is 1. The predicted octanol–water partition coefficient (Wildman–Crippen LogP) is 1.34. The second-order valence-electron chi connectivity index (χ2n) is 5.93. The van der Waals surface area contributed by atoms with Crippen LogP contribution >= 0.6 is 11.6 Å². The summed E-state index contributed by atoms with van der Waals surface area (Å²) in [5.41, 5.74) is 0. The van der Waals surface area contributed by atoms with Crippen molar-refractivity contribution in [1.29, 1.82) is 0 Å². The van der Waals surface area contributed by atoms with Crippen molar-refractivity contribution in [2.75, 3.05) is 53.5 Å². The number of aliphatic hydroxyl groups excluding tert-OH is 1. The van der Waals surface area contributed by atoms with Crippen LogP contribution in [0.15, 0.2) is 24.3 Å². The van der Waals surface area contributed by atoms with Gasteiger partial charge in [0.1, 0.15) is 18.5 Å². The molecule has 5 nitrogen and oxygen atoms in total. The third-order valence-corrected chi connectivity index (χ3v) is 3.77. The van der Waals surface area contributed by atoms with E-state index in [0.29, 0.717) is 18.2 Å². The Kier molecular flexibility index (Phi) is 6.92. The lowest BCUT2D eigenvalue weighted by molar-refractivity contribution is -0.0519. The zero-order chi connectivity index (χ0) is 15.9. The number of benzene rings is 1. The third kappa shape index (κ3) is 6.10. The van der Waals surface area contributed by atoms with E-state index in [-0.39, 0.29) is 12.7 Å². The van der Waals surface area contributed by atoms with Crippen LogP contribution in [0.25, 0.3) is 0 Å². The van der Waals surface area contributed by atoms with Gasteiger partial charge < -0.3 is 19.5 Å². The van der Waals surface area contributed by atoms with E-state index in [1.165, 1.54) is 0 Å². The highest BCUT2D eigenvalue weighted by Crippen LogP contribution is 2.16. The van der Waals surface area contributed by atoms with Gasteiger partial charge in [-0.1, -0.05) is 11.6 Å². The van der Waals surface area contributed by atoms with Gasteiger partial charge >= 0.3 is 0 Å². The van der Waals surface area contributed by atoms with E-state index >= 15 is 0 Å². The summed E-state index contributed by atoms with van der Waals surface area (Å²) < 4.78 is 11.3. The largest absolute Gasteiger partial charge is 0.491 e. The van der Waals surface area contributed by atoms with Gasteiger partial charge in [0, 0.05) is 31.2 Å². The SMILES string of the molecule is CN(C)C[C@H]1CN(C[C@@H](O)COc2ccc(Cl)cc2)CCO1. The van der Waals surface area contributed by atoms with E-state index < -0.39 is 6.10 Å². The molecule has 1 fully saturated rings. The Balaban J connectivity index is 1.71. The van der Waals surface area contributed by atoms with E-state index in [0.717, 1.165) is 25.4 Å². The van der Waals surface area contributed by atoms with Gasteiger partial charge in [0.15, 0.2) is 0 Å². The molecule has 0 aliphatic carbocycles. The molecule has 0 spiro atoms. The van der Waals surface area contributed by atoms with Gasteiger partial charge in [0.2, 0.25) is 0 Å². The molecular weight excluding hydrogens is 304 g/mol. The molecule has 1 aliphatic rings. The number of likely N-dealkylation sites (N-methyl/N-ethyl adjacent to an activating group) is 1. The molecule has 1 heterocycles. The number of rotatable bonds is 7. The first-order chi connectivity index (χ1) is 10.5. The standard InChI is InChI=1S/C16H25ClN2O3/c1-18(2)10-16-11-19(7-8-21-16)9-14(20)12-22-15-5-3-13(17)4-6-15/h3-6,14,16,20H,7-12H2,1-2H3/t14-,16+/m1/s1. The topological polar surface area (TPSA) is 45.2 Å². The maximum atomic E-state index is 10.1. The first-order valence-corrected chi connectivity index (χ1v) is 7.96. The Hall–Kier alpha value is -0.850. The van der Waals surface area contributed by atoms with Crippen molar-refractivity contribution in [2.24, 2.45) is 0 Å². The summed E-state index contributed by atoms with van der Waals surface area (Å²) in [6, 6.07) is 7.15. The molecular formula is C16H25ClN2O3. The minimum Gasteiger partial charge on any atom is -0.491 e. The minimum absolute atomic E-state index is 0.202. The molecule has 0 unspecified atom stereocenters. The van der Waals surface area contributed by atoms with Crippen molar-refractivity contribution in [2.45, 2.75) is 12.2 Å². The molecule has 1 aromatic rings. The van der Waals surface area contributed by atoms with Crippen LogP contribution in [0.1, 0.15) is 0 Å². The maximum absolute atomic E-state index is 10.1. The maximum Gasteiger partial charge on any atom is 0.119 e. The molecule has 0 saturated carbocycles. The van der Waals surface area contributed by atoms with Gasteiger partial charge in [0.25, 0.3) is 0 Å². The van der Waals surface area contributed by atoms with Crippen molar-refractivity contribution in [3.8, 4) is 5.75 Å². The lowest BCUT2D eigenvalue weighted by atomic mass is 10.2. The molecule has 2 rings (SSSR count). The molecule has 124 valence electrons. The molecule has 1 N–H and O–H groups in total. The van der Waals surface area contributed by atoms with Crippen LogP contribution in [0.5, 0.6) is 5.75 Å². The summed E-state index contributed by atoms with van der Waals surface area (Å²) in [6.45, 7) is 4.17. The van der Waals surface area contributed by atoms with Crippen molar-refractivity contribution in [3.63, 3.8) is 0 Å². The highest BCUT2D eigenvalue weighted by atomic mass is 35.5. The molecule has 1 saturated heterocycles. The van der Waals surface area contributed by atoms with Gasteiger partial charge in [-0.15, -0.1) is 0 Å². The fraction of sp³-hybridized carbons (Fsp3) is 0.625. The molecule has 0 amide bonds. The van der Waals surface area contributed by atoms with Crippen molar-refractivity contribution in [1.82, 2.24) is 9.80 Å². The number of halogens is 1. The molecule has 6 heteroatoms. The van der Waals surface area contributed by atoms with Crippen LogP contribution in [0.2, 0.25) is 5.02 Å². The Bertz CT molecular complexity index is 442. The number of ether oxygens (including phenoxy) is 2. The summed E-state index contributed by atoms with van der Waals surface area (Å²) in [4.78, 5) is 4.35. The zero-order valence-corrected chi connectivity index (χ0v) is 14.0. The average molecular weight is 329 g/mol. The number of hydrogen-bond acceptors (Lipinski definition) is 5. The summed E-state index contributed by atoms with van der Waals surface area (Å²) in [5.74, 6) is 0.718. The van der Waals surface area contributed by atoms with Crippen LogP contribution in [0.4, 0.5) is 0 Å². The molecule has 2 atom stereocenters. The van der Waals surface area contributed by atoms with E-state index in [1.54, 1.807) is 24.3 Å². The second kappa shape index (κ2) is 8.70. The highest BCUT2D eigenvalue weighted by Gasteiger charge is 2.22. The highest BCUT2D eigenvalue weighted by molar-refractivity contribution is 6.30. The lowest BCUT2D eigenvalue weighted by Gasteiger charge is -2.35. The minimum atomic E-state index is -0.520. The number of nitrogens with zero attached hydrogens (tertiary/aromatic N) is 2. The quantitative estimate of drug-likeness (QED) is 0.818. The van der Waals surface area contributed by atoms with E-state index in [4.69, 9.17) is 21.1 Å². The Morgan fingerprint density at radius 2 is 2.14 bits per heavy atom. The fourth-order valence-corrected chi connectivity index (χ4v) is 2.66. The Morgan fingerprint density at radius 3 is 2.82 bits per heavy atom. The number of morpholine rings is 1.